The van der Waals surface area contributed by atoms with Crippen LogP contribution in [0, 0.1) is 47.3 Å². The molecule has 0 heterocycles. The Morgan fingerprint density at radius 3 is 2.37 bits per heavy atom. The molecule has 2 bridgehead atoms. The first-order valence-corrected chi connectivity index (χ1v) is 8.21. The van der Waals surface area contributed by atoms with E-state index in [0.29, 0.717) is 0 Å². The first-order valence-electron chi connectivity index (χ1n) is 8.21. The van der Waals surface area contributed by atoms with Gasteiger partial charge in [-0.15, -0.1) is 0 Å². The monoisotopic (exact) mass is 251 g/mol. The highest BCUT2D eigenvalue weighted by Crippen LogP contribution is 2.82. The van der Waals surface area contributed by atoms with E-state index in [2.05, 4.69) is 35.6 Å². The average Bonchev–Trinajstić information content (AvgIpc) is 2.96. The van der Waals surface area contributed by atoms with Gasteiger partial charge in [-0.3, -0.25) is 0 Å². The van der Waals surface area contributed by atoms with Gasteiger partial charge in [-0.2, -0.15) is 0 Å². The molecule has 9 atom stereocenters. The van der Waals surface area contributed by atoms with E-state index in [1.807, 2.05) is 0 Å². The van der Waals surface area contributed by atoms with Crippen molar-refractivity contribution in [2.75, 3.05) is 0 Å². The van der Waals surface area contributed by atoms with Crippen molar-refractivity contribution >= 4 is 0 Å². The SMILES string of the molecule is c1ccc(CN[C@H]2[C@@H]3[C@H]4C[C@H]5[C@@H]3C[C@@H]3[C@@H]5[C@H]4[C@H]32)cc1. The van der Waals surface area contributed by atoms with Crippen LogP contribution < -0.4 is 5.32 Å². The summed E-state index contributed by atoms with van der Waals surface area (Å²) < 4.78 is 0. The Labute approximate surface area is 114 Å². The molecule has 98 valence electrons. The van der Waals surface area contributed by atoms with Crippen molar-refractivity contribution in [2.24, 2.45) is 47.3 Å². The maximum absolute atomic E-state index is 3.97. The lowest BCUT2D eigenvalue weighted by Gasteiger charge is -2.48. The largest absolute Gasteiger partial charge is 0.309 e. The molecule has 0 spiro atoms. The maximum atomic E-state index is 3.97. The highest BCUT2D eigenvalue weighted by atomic mass is 15.0. The molecule has 0 aliphatic heterocycles. The summed E-state index contributed by atoms with van der Waals surface area (Å²) in [4.78, 5) is 0. The third kappa shape index (κ3) is 0.961. The lowest BCUT2D eigenvalue weighted by atomic mass is 9.59. The van der Waals surface area contributed by atoms with Crippen LogP contribution >= 0.6 is 0 Å². The van der Waals surface area contributed by atoms with Crippen LogP contribution in [-0.4, -0.2) is 6.04 Å². The number of nitrogens with one attached hydrogen (secondary N) is 1. The number of hydrogen-bond acceptors (Lipinski definition) is 1. The van der Waals surface area contributed by atoms with Gasteiger partial charge in [0.25, 0.3) is 0 Å². The average molecular weight is 251 g/mol. The van der Waals surface area contributed by atoms with Crippen molar-refractivity contribution in [2.45, 2.75) is 25.4 Å². The third-order valence-electron chi connectivity index (χ3n) is 7.71. The molecule has 6 rings (SSSR count). The third-order valence-corrected chi connectivity index (χ3v) is 7.71. The standard InChI is InChI=1S/C18H21N/c1-2-4-9(5-3-1)8-19-18-15-11-7-12-14-10(11)6-13(15)16(14)17(12)18/h1-5,10-19H,6-8H2/t10-,11-,12+,13+,14+,15-,16-,17-,18-/m0/s1. The Morgan fingerprint density at radius 2 is 1.53 bits per heavy atom. The summed E-state index contributed by atoms with van der Waals surface area (Å²) >= 11 is 0. The molecule has 5 fully saturated rings. The van der Waals surface area contributed by atoms with Crippen molar-refractivity contribution in [3.8, 4) is 0 Å². The second-order valence-corrected chi connectivity index (χ2v) is 7.83. The van der Waals surface area contributed by atoms with E-state index in [0.717, 1.165) is 48.1 Å². The van der Waals surface area contributed by atoms with Gasteiger partial charge in [0, 0.05) is 12.6 Å². The maximum Gasteiger partial charge on any atom is 0.0208 e. The molecular weight excluding hydrogens is 230 g/mol. The smallest absolute Gasteiger partial charge is 0.0208 e. The van der Waals surface area contributed by atoms with Crippen molar-refractivity contribution in [1.29, 1.82) is 0 Å². The Kier molecular flexibility index (Phi) is 1.62. The van der Waals surface area contributed by atoms with Crippen LogP contribution in [0.25, 0.3) is 0 Å². The van der Waals surface area contributed by atoms with Crippen LogP contribution in [0.1, 0.15) is 18.4 Å². The molecule has 0 saturated heterocycles. The van der Waals surface area contributed by atoms with Crippen LogP contribution in [0.5, 0.6) is 0 Å². The first kappa shape index (κ1) is 9.99. The van der Waals surface area contributed by atoms with Gasteiger partial charge < -0.3 is 5.32 Å². The van der Waals surface area contributed by atoms with Gasteiger partial charge >= 0.3 is 0 Å². The molecule has 19 heavy (non-hydrogen) atoms. The van der Waals surface area contributed by atoms with E-state index in [4.69, 9.17) is 0 Å². The Bertz CT molecular complexity index is 532. The summed E-state index contributed by atoms with van der Waals surface area (Å²) in [7, 11) is 0. The van der Waals surface area contributed by atoms with E-state index < -0.39 is 0 Å². The van der Waals surface area contributed by atoms with Crippen LogP contribution in [-0.2, 0) is 6.54 Å². The minimum Gasteiger partial charge on any atom is -0.309 e. The second-order valence-electron chi connectivity index (χ2n) is 7.83. The van der Waals surface area contributed by atoms with Crippen molar-refractivity contribution < 1.29 is 0 Å². The van der Waals surface area contributed by atoms with Gasteiger partial charge in [0.1, 0.15) is 0 Å². The molecule has 1 heteroatoms. The predicted octanol–water partition coefficient (Wildman–Crippen LogP) is 2.92. The second kappa shape index (κ2) is 3.09. The summed E-state index contributed by atoms with van der Waals surface area (Å²) in [5.74, 6) is 9.07. The normalized spacial score (nSPS) is 58.0. The fourth-order valence-electron chi connectivity index (χ4n) is 7.58. The van der Waals surface area contributed by atoms with Gasteiger partial charge in [0.2, 0.25) is 0 Å². The summed E-state index contributed by atoms with van der Waals surface area (Å²) in [6, 6.07) is 11.8. The molecule has 0 amide bonds. The molecule has 1 nitrogen and oxygen atoms in total. The van der Waals surface area contributed by atoms with Crippen molar-refractivity contribution in [3.63, 3.8) is 0 Å². The Morgan fingerprint density at radius 1 is 0.789 bits per heavy atom. The van der Waals surface area contributed by atoms with Crippen molar-refractivity contribution in [3.05, 3.63) is 35.9 Å². The molecule has 0 radical (unpaired) electrons. The van der Waals surface area contributed by atoms with E-state index in [1.165, 1.54) is 17.4 Å². The van der Waals surface area contributed by atoms with Gasteiger partial charge in [-0.05, 0) is 65.7 Å². The van der Waals surface area contributed by atoms with Gasteiger partial charge in [-0.1, -0.05) is 30.3 Å². The summed E-state index contributed by atoms with van der Waals surface area (Å²) in [5.41, 5.74) is 1.46. The highest BCUT2D eigenvalue weighted by Gasteiger charge is 2.80. The quantitative estimate of drug-likeness (QED) is 0.871. The van der Waals surface area contributed by atoms with Gasteiger partial charge in [0.15, 0.2) is 0 Å². The Hall–Kier alpha value is -0.820. The zero-order valence-electron chi connectivity index (χ0n) is 11.2. The number of fused-ring (bicyclic) bond motifs is 2. The van der Waals surface area contributed by atoms with Crippen molar-refractivity contribution in [1.82, 2.24) is 5.32 Å². The van der Waals surface area contributed by atoms with Gasteiger partial charge in [0.05, 0.1) is 0 Å². The summed E-state index contributed by atoms with van der Waals surface area (Å²) in [6.07, 6.45) is 3.22. The predicted molar refractivity (Wildman–Crippen MR) is 74.2 cm³/mol. The number of hydrogen-bond donors (Lipinski definition) is 1. The van der Waals surface area contributed by atoms with E-state index in [9.17, 15) is 0 Å². The lowest BCUT2D eigenvalue weighted by Crippen LogP contribution is -2.51. The highest BCUT2D eigenvalue weighted by molar-refractivity contribution is 5.29. The molecular formula is C18H21N. The summed E-state index contributed by atoms with van der Waals surface area (Å²) in [6.45, 7) is 1.09. The number of rotatable bonds is 3. The minimum atomic E-state index is 0.878. The first-order chi connectivity index (χ1) is 9.43. The van der Waals surface area contributed by atoms with E-state index in [-0.39, 0.29) is 0 Å². The van der Waals surface area contributed by atoms with E-state index >= 15 is 0 Å². The molecule has 1 aromatic rings. The number of benzene rings is 1. The summed E-state index contributed by atoms with van der Waals surface area (Å²) in [5, 5.41) is 3.97. The zero-order chi connectivity index (χ0) is 12.1. The molecule has 5 aliphatic rings. The van der Waals surface area contributed by atoms with Gasteiger partial charge in [-0.25, -0.2) is 0 Å². The molecule has 0 aromatic heterocycles. The van der Waals surface area contributed by atoms with Crippen LogP contribution in [0.2, 0.25) is 0 Å². The van der Waals surface area contributed by atoms with Crippen LogP contribution in [0.15, 0.2) is 30.3 Å². The Balaban J connectivity index is 1.29. The zero-order valence-corrected chi connectivity index (χ0v) is 11.2. The minimum absolute atomic E-state index is 0.878. The fraction of sp³-hybridized carbons (Fsp3) is 0.667. The van der Waals surface area contributed by atoms with Crippen LogP contribution in [0.4, 0.5) is 0 Å². The molecule has 1 aromatic carbocycles. The molecule has 1 N–H and O–H groups in total. The molecule has 5 aliphatic carbocycles. The van der Waals surface area contributed by atoms with Crippen LogP contribution in [0.3, 0.4) is 0 Å². The fourth-order valence-corrected chi connectivity index (χ4v) is 7.58. The van der Waals surface area contributed by atoms with E-state index in [1.54, 1.807) is 12.8 Å². The molecule has 0 unspecified atom stereocenters. The molecule has 5 saturated carbocycles. The topological polar surface area (TPSA) is 12.0 Å². The lowest BCUT2D eigenvalue weighted by molar-refractivity contribution is 0.00939.